The van der Waals surface area contributed by atoms with Crippen LogP contribution in [0, 0.1) is 0 Å². The molecule has 24 heavy (non-hydrogen) atoms. The van der Waals surface area contributed by atoms with Gasteiger partial charge >= 0.3 is 0 Å². The number of hydrogen-bond donors (Lipinski definition) is 1. The number of hydrogen-bond acceptors (Lipinski definition) is 5. The molecule has 2 rings (SSSR count). The predicted octanol–water partition coefficient (Wildman–Crippen LogP) is 2.62. The first-order chi connectivity index (χ1) is 11.7. The quantitative estimate of drug-likeness (QED) is 0.597. The van der Waals surface area contributed by atoms with E-state index in [4.69, 9.17) is 14.2 Å². The first-order valence-electron chi connectivity index (χ1n) is 7.53. The molecule has 0 spiro atoms. The molecule has 0 fully saturated rings. The Labute approximate surface area is 141 Å². The molecule has 6 nitrogen and oxygen atoms in total. The van der Waals surface area contributed by atoms with Crippen molar-refractivity contribution in [3.8, 4) is 17.2 Å². The molecule has 0 bridgehead atoms. The summed E-state index contributed by atoms with van der Waals surface area (Å²) in [5, 5.41) is 3.92. The Balaban J connectivity index is 1.82. The van der Waals surface area contributed by atoms with E-state index in [2.05, 4.69) is 10.5 Å². The second kappa shape index (κ2) is 9.19. The van der Waals surface area contributed by atoms with Crippen LogP contribution < -0.4 is 19.6 Å². The summed E-state index contributed by atoms with van der Waals surface area (Å²) in [6, 6.07) is 14.4. The molecule has 2 aromatic carbocycles. The Morgan fingerprint density at radius 1 is 1.08 bits per heavy atom. The zero-order chi connectivity index (χ0) is 17.2. The standard InChI is InChI=1S/C18H20N2O4/c1-3-23-17-7-5-4-6-14(17)12-19-20-18(21)13-24-16-10-8-15(22-2)9-11-16/h4-12H,3,13H2,1-2H3,(H,20,21)/b19-12-. The summed E-state index contributed by atoms with van der Waals surface area (Å²) in [6.07, 6.45) is 1.54. The van der Waals surface area contributed by atoms with Crippen molar-refractivity contribution in [2.45, 2.75) is 6.92 Å². The summed E-state index contributed by atoms with van der Waals surface area (Å²) < 4.78 is 15.9. The monoisotopic (exact) mass is 328 g/mol. The van der Waals surface area contributed by atoms with Gasteiger partial charge in [0.25, 0.3) is 5.91 Å². The van der Waals surface area contributed by atoms with Crippen LogP contribution in [-0.4, -0.2) is 32.4 Å². The minimum Gasteiger partial charge on any atom is -0.497 e. The minimum absolute atomic E-state index is 0.128. The highest BCUT2D eigenvalue weighted by Crippen LogP contribution is 2.17. The third kappa shape index (κ3) is 5.31. The number of methoxy groups -OCH3 is 1. The number of rotatable bonds is 8. The lowest BCUT2D eigenvalue weighted by molar-refractivity contribution is -0.123. The molecule has 0 aliphatic rings. The van der Waals surface area contributed by atoms with Gasteiger partial charge in [-0.3, -0.25) is 4.79 Å². The fourth-order valence-electron chi connectivity index (χ4n) is 1.90. The van der Waals surface area contributed by atoms with Gasteiger partial charge in [0.2, 0.25) is 0 Å². The average molecular weight is 328 g/mol. The first-order valence-corrected chi connectivity index (χ1v) is 7.53. The highest BCUT2D eigenvalue weighted by molar-refractivity contribution is 5.85. The summed E-state index contributed by atoms with van der Waals surface area (Å²) >= 11 is 0. The lowest BCUT2D eigenvalue weighted by atomic mass is 10.2. The van der Waals surface area contributed by atoms with Crippen molar-refractivity contribution >= 4 is 12.1 Å². The second-order valence-corrected chi connectivity index (χ2v) is 4.73. The molecule has 1 amide bonds. The van der Waals surface area contributed by atoms with Crippen LogP contribution in [0.1, 0.15) is 12.5 Å². The maximum atomic E-state index is 11.7. The zero-order valence-corrected chi connectivity index (χ0v) is 13.7. The summed E-state index contributed by atoms with van der Waals surface area (Å²) in [5.41, 5.74) is 3.21. The number of nitrogens with one attached hydrogen (secondary N) is 1. The molecule has 6 heteroatoms. The van der Waals surface area contributed by atoms with E-state index in [9.17, 15) is 4.79 Å². The van der Waals surface area contributed by atoms with Crippen LogP contribution in [0.15, 0.2) is 53.6 Å². The van der Waals surface area contributed by atoms with Crippen LogP contribution in [0.5, 0.6) is 17.2 Å². The van der Waals surface area contributed by atoms with Gasteiger partial charge in [0.05, 0.1) is 19.9 Å². The fourth-order valence-corrected chi connectivity index (χ4v) is 1.90. The van der Waals surface area contributed by atoms with Gasteiger partial charge in [0.15, 0.2) is 6.61 Å². The smallest absolute Gasteiger partial charge is 0.277 e. The fraction of sp³-hybridized carbons (Fsp3) is 0.222. The molecule has 0 unspecified atom stereocenters. The molecule has 0 saturated heterocycles. The van der Waals surface area contributed by atoms with Crippen LogP contribution in [-0.2, 0) is 4.79 Å². The second-order valence-electron chi connectivity index (χ2n) is 4.73. The van der Waals surface area contributed by atoms with Gasteiger partial charge in [-0.05, 0) is 43.3 Å². The number of ether oxygens (including phenoxy) is 3. The van der Waals surface area contributed by atoms with Crippen LogP contribution in [0.2, 0.25) is 0 Å². The summed E-state index contributed by atoms with van der Waals surface area (Å²) in [5.74, 6) is 1.67. The third-order valence-corrected chi connectivity index (χ3v) is 3.04. The van der Waals surface area contributed by atoms with Gasteiger partial charge in [-0.25, -0.2) is 5.43 Å². The number of hydrazone groups is 1. The number of amides is 1. The molecule has 0 aliphatic heterocycles. The minimum atomic E-state index is -0.351. The third-order valence-electron chi connectivity index (χ3n) is 3.04. The number of carbonyl (C=O) groups excluding carboxylic acids is 1. The van der Waals surface area contributed by atoms with E-state index < -0.39 is 0 Å². The van der Waals surface area contributed by atoms with Crippen molar-refractivity contribution in [1.29, 1.82) is 0 Å². The molecular formula is C18H20N2O4. The van der Waals surface area contributed by atoms with Crippen molar-refractivity contribution in [1.82, 2.24) is 5.43 Å². The van der Waals surface area contributed by atoms with Crippen LogP contribution >= 0.6 is 0 Å². The lowest BCUT2D eigenvalue weighted by Crippen LogP contribution is -2.24. The maximum absolute atomic E-state index is 11.7. The average Bonchev–Trinajstić information content (AvgIpc) is 2.62. The topological polar surface area (TPSA) is 69.2 Å². The Morgan fingerprint density at radius 3 is 2.50 bits per heavy atom. The molecule has 0 aromatic heterocycles. The van der Waals surface area contributed by atoms with E-state index in [1.807, 2.05) is 31.2 Å². The Morgan fingerprint density at radius 2 is 1.79 bits per heavy atom. The molecular weight excluding hydrogens is 308 g/mol. The van der Waals surface area contributed by atoms with Gasteiger partial charge in [-0.1, -0.05) is 12.1 Å². The summed E-state index contributed by atoms with van der Waals surface area (Å²) in [4.78, 5) is 11.7. The highest BCUT2D eigenvalue weighted by Gasteiger charge is 2.03. The van der Waals surface area contributed by atoms with E-state index in [-0.39, 0.29) is 12.5 Å². The SMILES string of the molecule is CCOc1ccccc1/C=N\NC(=O)COc1ccc(OC)cc1. The molecule has 0 heterocycles. The maximum Gasteiger partial charge on any atom is 0.277 e. The van der Waals surface area contributed by atoms with Crippen molar-refractivity contribution in [3.63, 3.8) is 0 Å². The van der Waals surface area contributed by atoms with Crippen LogP contribution in [0.25, 0.3) is 0 Å². The van der Waals surface area contributed by atoms with Gasteiger partial charge in [-0.2, -0.15) is 5.10 Å². The van der Waals surface area contributed by atoms with Crippen LogP contribution in [0.3, 0.4) is 0 Å². The number of nitrogens with zero attached hydrogens (tertiary/aromatic N) is 1. The van der Waals surface area contributed by atoms with E-state index in [1.165, 1.54) is 6.21 Å². The Hall–Kier alpha value is -3.02. The van der Waals surface area contributed by atoms with Crippen molar-refractivity contribution in [2.75, 3.05) is 20.3 Å². The molecule has 2 aromatic rings. The Bertz CT molecular complexity index is 684. The van der Waals surface area contributed by atoms with Crippen molar-refractivity contribution in [2.24, 2.45) is 5.10 Å². The molecule has 0 radical (unpaired) electrons. The largest absolute Gasteiger partial charge is 0.497 e. The van der Waals surface area contributed by atoms with E-state index >= 15 is 0 Å². The summed E-state index contributed by atoms with van der Waals surface area (Å²) in [6.45, 7) is 2.34. The number of benzene rings is 2. The first kappa shape index (κ1) is 17.3. The zero-order valence-electron chi connectivity index (χ0n) is 13.7. The number of carbonyl (C=O) groups is 1. The van der Waals surface area contributed by atoms with E-state index in [0.717, 1.165) is 11.3 Å². The van der Waals surface area contributed by atoms with Gasteiger partial charge in [0, 0.05) is 5.56 Å². The predicted molar refractivity (Wildman–Crippen MR) is 91.8 cm³/mol. The summed E-state index contributed by atoms with van der Waals surface area (Å²) in [7, 11) is 1.59. The molecule has 0 aliphatic carbocycles. The van der Waals surface area contributed by atoms with E-state index in [0.29, 0.717) is 18.1 Å². The Kier molecular flexibility index (Phi) is 6.64. The van der Waals surface area contributed by atoms with E-state index in [1.54, 1.807) is 31.4 Å². The number of para-hydroxylation sites is 1. The normalized spacial score (nSPS) is 10.4. The van der Waals surface area contributed by atoms with Gasteiger partial charge < -0.3 is 14.2 Å². The molecule has 0 saturated carbocycles. The van der Waals surface area contributed by atoms with Crippen LogP contribution in [0.4, 0.5) is 0 Å². The highest BCUT2D eigenvalue weighted by atomic mass is 16.5. The van der Waals surface area contributed by atoms with Gasteiger partial charge in [-0.15, -0.1) is 0 Å². The molecule has 0 atom stereocenters. The molecule has 126 valence electrons. The lowest BCUT2D eigenvalue weighted by Gasteiger charge is -2.07. The molecule has 1 N–H and O–H groups in total. The van der Waals surface area contributed by atoms with Gasteiger partial charge in [0.1, 0.15) is 17.2 Å². The van der Waals surface area contributed by atoms with Crippen molar-refractivity contribution < 1.29 is 19.0 Å². The van der Waals surface area contributed by atoms with Crippen molar-refractivity contribution in [3.05, 3.63) is 54.1 Å².